The molecule has 1 aliphatic rings. The fourth-order valence-corrected chi connectivity index (χ4v) is 2.81. The number of ketones is 1. The summed E-state index contributed by atoms with van der Waals surface area (Å²) in [4.78, 5) is 12.1. The highest BCUT2D eigenvalue weighted by atomic mass is 19.4. The Bertz CT molecular complexity index is 307. The molecule has 4 unspecified atom stereocenters. The van der Waals surface area contributed by atoms with Crippen LogP contribution in [0, 0.1) is 17.3 Å². The molecule has 18 heavy (non-hydrogen) atoms. The van der Waals surface area contributed by atoms with Crippen LogP contribution in [0.25, 0.3) is 0 Å². The fourth-order valence-electron chi connectivity index (χ4n) is 2.81. The Morgan fingerprint density at radius 3 is 2.00 bits per heavy atom. The Balaban J connectivity index is 2.83. The van der Waals surface area contributed by atoms with Gasteiger partial charge in [-0.25, -0.2) is 0 Å². The van der Waals surface area contributed by atoms with Gasteiger partial charge in [0.15, 0.2) is 5.78 Å². The highest BCUT2D eigenvalue weighted by molar-refractivity contribution is 5.88. The lowest BCUT2D eigenvalue weighted by Gasteiger charge is -2.41. The molecule has 0 aromatic heterocycles. The number of piperidine rings is 1. The predicted octanol–water partition coefficient (Wildman–Crippen LogP) is 3.17. The third-order valence-corrected chi connectivity index (χ3v) is 3.66. The zero-order chi connectivity index (χ0) is 14.3. The average Bonchev–Trinajstić information content (AvgIpc) is 2.11. The summed E-state index contributed by atoms with van der Waals surface area (Å²) in [5.41, 5.74) is -0.526. The molecule has 1 N–H and O–H groups in total. The van der Waals surface area contributed by atoms with Crippen LogP contribution in [0.4, 0.5) is 13.2 Å². The van der Waals surface area contributed by atoms with Gasteiger partial charge in [-0.05, 0) is 19.3 Å². The minimum Gasteiger partial charge on any atom is -0.304 e. The maximum Gasteiger partial charge on any atom is 0.393 e. The first-order valence-electron chi connectivity index (χ1n) is 6.31. The molecule has 2 nitrogen and oxygen atoms in total. The van der Waals surface area contributed by atoms with Gasteiger partial charge in [0.2, 0.25) is 0 Å². The first kappa shape index (κ1) is 15.5. The van der Waals surface area contributed by atoms with Crippen LogP contribution in [-0.4, -0.2) is 24.0 Å². The van der Waals surface area contributed by atoms with Crippen LogP contribution in [0.3, 0.4) is 0 Å². The topological polar surface area (TPSA) is 29.1 Å². The second-order valence-corrected chi connectivity index (χ2v) is 6.40. The lowest BCUT2D eigenvalue weighted by Crippen LogP contribution is -2.58. The van der Waals surface area contributed by atoms with Crippen LogP contribution < -0.4 is 5.32 Å². The van der Waals surface area contributed by atoms with Crippen molar-refractivity contribution in [3.63, 3.8) is 0 Å². The van der Waals surface area contributed by atoms with Crippen LogP contribution in [0.5, 0.6) is 0 Å². The Kier molecular flexibility index (Phi) is 4.16. The number of hydrogen-bond acceptors (Lipinski definition) is 2. The van der Waals surface area contributed by atoms with E-state index in [2.05, 4.69) is 5.32 Å². The molecular formula is C13H22F3NO. The molecule has 0 amide bonds. The minimum absolute atomic E-state index is 0.0122. The summed E-state index contributed by atoms with van der Waals surface area (Å²) in [7, 11) is 0. The van der Waals surface area contributed by atoms with Gasteiger partial charge in [-0.1, -0.05) is 27.7 Å². The summed E-state index contributed by atoms with van der Waals surface area (Å²) in [6, 6.07) is -1.18. The summed E-state index contributed by atoms with van der Waals surface area (Å²) < 4.78 is 38.6. The molecule has 0 aromatic carbocycles. The van der Waals surface area contributed by atoms with E-state index in [1.165, 1.54) is 6.92 Å². The van der Waals surface area contributed by atoms with Crippen molar-refractivity contribution in [1.82, 2.24) is 5.32 Å². The molecule has 0 aliphatic carbocycles. The zero-order valence-corrected chi connectivity index (χ0v) is 11.6. The Morgan fingerprint density at radius 1 is 1.17 bits per heavy atom. The molecular weight excluding hydrogens is 243 g/mol. The van der Waals surface area contributed by atoms with Gasteiger partial charge in [-0.2, -0.15) is 13.2 Å². The van der Waals surface area contributed by atoms with Crippen LogP contribution in [0.2, 0.25) is 0 Å². The summed E-state index contributed by atoms with van der Waals surface area (Å²) in [6.45, 7) is 8.47. The van der Waals surface area contributed by atoms with E-state index in [9.17, 15) is 18.0 Å². The SMILES string of the molecule is CC1CC(C(=O)C(C)(C)C)NC(C)C1C(F)(F)F. The highest BCUT2D eigenvalue weighted by Crippen LogP contribution is 2.40. The number of hydrogen-bond donors (Lipinski definition) is 1. The van der Waals surface area contributed by atoms with Gasteiger partial charge in [0.1, 0.15) is 0 Å². The summed E-state index contributed by atoms with van der Waals surface area (Å²) >= 11 is 0. The number of carbonyl (C=O) groups excluding carboxylic acids is 1. The number of nitrogens with one attached hydrogen (secondary N) is 1. The van der Waals surface area contributed by atoms with Gasteiger partial charge in [-0.3, -0.25) is 4.79 Å². The van der Waals surface area contributed by atoms with E-state index in [-0.39, 0.29) is 12.2 Å². The van der Waals surface area contributed by atoms with Gasteiger partial charge in [0.05, 0.1) is 12.0 Å². The Hall–Kier alpha value is -0.580. The van der Waals surface area contributed by atoms with Gasteiger partial charge < -0.3 is 5.32 Å². The van der Waals surface area contributed by atoms with Gasteiger partial charge >= 0.3 is 6.18 Å². The van der Waals surface area contributed by atoms with Crippen molar-refractivity contribution in [3.8, 4) is 0 Å². The average molecular weight is 265 g/mol. The first-order chi connectivity index (χ1) is 7.94. The van der Waals surface area contributed by atoms with Crippen molar-refractivity contribution in [1.29, 1.82) is 0 Å². The van der Waals surface area contributed by atoms with E-state index in [0.717, 1.165) is 0 Å². The fraction of sp³-hybridized carbons (Fsp3) is 0.923. The number of rotatable bonds is 1. The largest absolute Gasteiger partial charge is 0.393 e. The minimum atomic E-state index is -4.21. The van der Waals surface area contributed by atoms with Crippen LogP contribution in [-0.2, 0) is 4.79 Å². The third-order valence-electron chi connectivity index (χ3n) is 3.66. The molecule has 4 atom stereocenters. The summed E-state index contributed by atoms with van der Waals surface area (Å²) in [5, 5.41) is 2.84. The summed E-state index contributed by atoms with van der Waals surface area (Å²) in [5.74, 6) is -1.92. The smallest absolute Gasteiger partial charge is 0.304 e. The van der Waals surface area contributed by atoms with Crippen molar-refractivity contribution >= 4 is 5.78 Å². The van der Waals surface area contributed by atoms with E-state index in [1.54, 1.807) is 27.7 Å². The highest BCUT2D eigenvalue weighted by Gasteiger charge is 2.50. The second kappa shape index (κ2) is 4.83. The van der Waals surface area contributed by atoms with Crippen molar-refractivity contribution < 1.29 is 18.0 Å². The summed E-state index contributed by atoms with van der Waals surface area (Å²) in [6.07, 6.45) is -3.95. The molecule has 5 heteroatoms. The monoisotopic (exact) mass is 265 g/mol. The number of Topliss-reactive ketones (excluding diaryl/α,β-unsaturated/α-hetero) is 1. The Labute approximate surface area is 106 Å². The van der Waals surface area contributed by atoms with Crippen molar-refractivity contribution in [2.75, 3.05) is 0 Å². The van der Waals surface area contributed by atoms with Gasteiger partial charge in [-0.15, -0.1) is 0 Å². The van der Waals surface area contributed by atoms with E-state index in [4.69, 9.17) is 0 Å². The van der Waals surface area contributed by atoms with Crippen LogP contribution >= 0.6 is 0 Å². The normalized spacial score (nSPS) is 34.4. The lowest BCUT2D eigenvalue weighted by atomic mass is 9.74. The van der Waals surface area contributed by atoms with Gasteiger partial charge in [0.25, 0.3) is 0 Å². The Morgan fingerprint density at radius 2 is 1.67 bits per heavy atom. The van der Waals surface area contributed by atoms with E-state index in [1.807, 2.05) is 0 Å². The van der Waals surface area contributed by atoms with Gasteiger partial charge in [0, 0.05) is 11.5 Å². The number of alkyl halides is 3. The maximum atomic E-state index is 12.9. The molecule has 0 spiro atoms. The lowest BCUT2D eigenvalue weighted by molar-refractivity contribution is -0.202. The molecule has 106 valence electrons. The van der Waals surface area contributed by atoms with Crippen molar-refractivity contribution in [2.24, 2.45) is 17.3 Å². The quantitative estimate of drug-likeness (QED) is 0.789. The number of carbonyl (C=O) groups is 1. The van der Waals surface area contributed by atoms with Crippen LogP contribution in [0.1, 0.15) is 41.0 Å². The van der Waals surface area contributed by atoms with E-state index in [0.29, 0.717) is 0 Å². The number of halogens is 3. The molecule has 1 heterocycles. The molecule has 1 fully saturated rings. The maximum absolute atomic E-state index is 12.9. The van der Waals surface area contributed by atoms with Crippen molar-refractivity contribution in [3.05, 3.63) is 0 Å². The first-order valence-corrected chi connectivity index (χ1v) is 6.31. The molecule has 1 rings (SSSR count). The standard InChI is InChI=1S/C13H22F3NO/c1-7-6-9(11(18)12(3,4)5)17-8(2)10(7)13(14,15)16/h7-10,17H,6H2,1-5H3. The second-order valence-electron chi connectivity index (χ2n) is 6.40. The molecule has 0 bridgehead atoms. The third kappa shape index (κ3) is 3.25. The molecule has 0 aromatic rings. The van der Waals surface area contributed by atoms with E-state index >= 15 is 0 Å². The van der Waals surface area contributed by atoms with Crippen molar-refractivity contribution in [2.45, 2.75) is 59.3 Å². The molecule has 1 aliphatic heterocycles. The van der Waals surface area contributed by atoms with Crippen LogP contribution in [0.15, 0.2) is 0 Å². The molecule has 0 saturated carbocycles. The zero-order valence-electron chi connectivity index (χ0n) is 11.6. The molecule has 0 radical (unpaired) electrons. The predicted molar refractivity (Wildman–Crippen MR) is 64.2 cm³/mol. The van der Waals surface area contributed by atoms with E-state index < -0.39 is 35.5 Å². The molecule has 1 saturated heterocycles.